The van der Waals surface area contributed by atoms with Crippen molar-refractivity contribution in [2.24, 2.45) is 5.92 Å². The average molecular weight is 351 g/mol. The molecule has 3 rings (SSSR count). The summed E-state index contributed by atoms with van der Waals surface area (Å²) in [5.74, 6) is 1.40. The lowest BCUT2D eigenvalue weighted by Gasteiger charge is -2.06. The highest BCUT2D eigenvalue weighted by molar-refractivity contribution is 6.36. The first-order valence-electron chi connectivity index (χ1n) is 7.85. The second-order valence-corrected chi connectivity index (χ2v) is 6.97. The summed E-state index contributed by atoms with van der Waals surface area (Å²) in [4.78, 5) is 0. The van der Waals surface area contributed by atoms with Crippen molar-refractivity contribution in [1.82, 2.24) is 9.61 Å². The highest BCUT2D eigenvalue weighted by Crippen LogP contribution is 2.35. The number of rotatable bonds is 4. The Labute approximate surface area is 146 Å². The van der Waals surface area contributed by atoms with Crippen LogP contribution in [0.25, 0.3) is 17.0 Å². The molecule has 0 aliphatic heterocycles. The zero-order valence-electron chi connectivity index (χ0n) is 13.8. The predicted molar refractivity (Wildman–Crippen MR) is 95.5 cm³/mol. The van der Waals surface area contributed by atoms with Gasteiger partial charge in [-0.25, -0.2) is 0 Å². The van der Waals surface area contributed by atoms with Crippen LogP contribution in [0.5, 0.6) is 0 Å². The molecule has 0 fully saturated rings. The maximum absolute atomic E-state index is 6.38. The van der Waals surface area contributed by atoms with Crippen LogP contribution < -0.4 is 0 Å². The molecule has 0 saturated carbocycles. The van der Waals surface area contributed by atoms with Crippen LogP contribution in [0.15, 0.2) is 22.6 Å². The second-order valence-electron chi connectivity index (χ2n) is 6.13. The second kappa shape index (κ2) is 6.21. The molecule has 0 saturated heterocycles. The number of hydrogen-bond donors (Lipinski definition) is 0. The molecule has 0 aliphatic carbocycles. The SMILES string of the molecule is CC[C@@H](C)Cc1c(C)nn2c(-c3ccc(Cl)cc3Cl)c(C)oc12. The molecule has 0 bridgehead atoms. The van der Waals surface area contributed by atoms with Crippen molar-refractivity contribution in [2.45, 2.75) is 40.5 Å². The summed E-state index contributed by atoms with van der Waals surface area (Å²) >= 11 is 12.4. The van der Waals surface area contributed by atoms with E-state index >= 15 is 0 Å². The summed E-state index contributed by atoms with van der Waals surface area (Å²) in [6.07, 6.45) is 2.10. The predicted octanol–water partition coefficient (Wildman–Crippen LogP) is 6.11. The first-order valence-corrected chi connectivity index (χ1v) is 8.61. The monoisotopic (exact) mass is 350 g/mol. The van der Waals surface area contributed by atoms with Crippen LogP contribution in [0.1, 0.15) is 37.3 Å². The molecule has 2 heterocycles. The molecule has 23 heavy (non-hydrogen) atoms. The van der Waals surface area contributed by atoms with Gasteiger partial charge in [-0.15, -0.1) is 0 Å². The van der Waals surface area contributed by atoms with Crippen molar-refractivity contribution in [3.8, 4) is 11.3 Å². The van der Waals surface area contributed by atoms with Crippen molar-refractivity contribution in [1.29, 1.82) is 0 Å². The highest BCUT2D eigenvalue weighted by atomic mass is 35.5. The highest BCUT2D eigenvalue weighted by Gasteiger charge is 2.22. The van der Waals surface area contributed by atoms with E-state index in [4.69, 9.17) is 32.7 Å². The Morgan fingerprint density at radius 2 is 2.00 bits per heavy atom. The van der Waals surface area contributed by atoms with Crippen molar-refractivity contribution in [2.75, 3.05) is 0 Å². The molecule has 2 aromatic heterocycles. The number of benzene rings is 1. The fourth-order valence-corrected chi connectivity index (χ4v) is 3.35. The Bertz CT molecular complexity index is 864. The molecule has 3 nitrogen and oxygen atoms in total. The molecule has 0 aliphatic rings. The van der Waals surface area contributed by atoms with E-state index in [0.717, 1.165) is 41.3 Å². The van der Waals surface area contributed by atoms with Gasteiger partial charge in [0.25, 0.3) is 0 Å². The lowest BCUT2D eigenvalue weighted by molar-refractivity contribution is 0.539. The lowest BCUT2D eigenvalue weighted by Crippen LogP contribution is -1.98. The van der Waals surface area contributed by atoms with E-state index in [0.29, 0.717) is 16.0 Å². The largest absolute Gasteiger partial charge is 0.441 e. The first kappa shape index (κ1) is 16.4. The molecule has 0 radical (unpaired) electrons. The lowest BCUT2D eigenvalue weighted by atomic mass is 9.99. The molecule has 0 N–H and O–H groups in total. The summed E-state index contributed by atoms with van der Waals surface area (Å²) in [6.45, 7) is 8.42. The van der Waals surface area contributed by atoms with Crippen LogP contribution >= 0.6 is 23.2 Å². The van der Waals surface area contributed by atoms with Gasteiger partial charge in [0.15, 0.2) is 0 Å². The van der Waals surface area contributed by atoms with Gasteiger partial charge < -0.3 is 4.42 Å². The van der Waals surface area contributed by atoms with E-state index in [-0.39, 0.29) is 0 Å². The van der Waals surface area contributed by atoms with Gasteiger partial charge in [-0.3, -0.25) is 0 Å². The van der Waals surface area contributed by atoms with Gasteiger partial charge in [-0.05, 0) is 44.4 Å². The maximum atomic E-state index is 6.38. The Morgan fingerprint density at radius 1 is 1.26 bits per heavy atom. The van der Waals surface area contributed by atoms with Crippen LogP contribution in [0.3, 0.4) is 0 Å². The molecule has 1 atom stereocenters. The quantitative estimate of drug-likeness (QED) is 0.568. The summed E-state index contributed by atoms with van der Waals surface area (Å²) in [6, 6.07) is 5.48. The molecule has 122 valence electrons. The normalized spacial score (nSPS) is 13.0. The van der Waals surface area contributed by atoms with E-state index in [1.54, 1.807) is 6.07 Å². The van der Waals surface area contributed by atoms with Gasteiger partial charge >= 0.3 is 0 Å². The van der Waals surface area contributed by atoms with E-state index in [2.05, 4.69) is 13.8 Å². The standard InChI is InChI=1S/C18H20Cl2N2O/c1-5-10(2)8-15-11(3)21-22-17(12(4)23-18(15)22)14-7-6-13(19)9-16(14)20/h6-7,9-10H,5,8H2,1-4H3/t10-/m1/s1. The Hall–Kier alpha value is -1.45. The topological polar surface area (TPSA) is 30.4 Å². The van der Waals surface area contributed by atoms with Crippen LogP contribution in [0.2, 0.25) is 10.0 Å². The summed E-state index contributed by atoms with van der Waals surface area (Å²) in [7, 11) is 0. The first-order chi connectivity index (χ1) is 10.9. The zero-order valence-corrected chi connectivity index (χ0v) is 15.3. The molecule has 0 unspecified atom stereocenters. The van der Waals surface area contributed by atoms with Crippen LogP contribution in [0, 0.1) is 19.8 Å². The number of fused-ring (bicyclic) bond motifs is 1. The van der Waals surface area contributed by atoms with Gasteiger partial charge in [-0.1, -0.05) is 43.5 Å². The minimum atomic E-state index is 0.592. The van der Waals surface area contributed by atoms with E-state index < -0.39 is 0 Å². The van der Waals surface area contributed by atoms with E-state index in [1.165, 1.54) is 5.56 Å². The minimum Gasteiger partial charge on any atom is -0.441 e. The van der Waals surface area contributed by atoms with Crippen LogP contribution in [0.4, 0.5) is 0 Å². The number of oxazole rings is 1. The van der Waals surface area contributed by atoms with Gasteiger partial charge in [0, 0.05) is 16.1 Å². The minimum absolute atomic E-state index is 0.592. The number of nitrogens with zero attached hydrogens (tertiary/aromatic N) is 2. The van der Waals surface area contributed by atoms with Crippen LogP contribution in [-0.4, -0.2) is 9.61 Å². The molecule has 1 aromatic carbocycles. The Kier molecular flexibility index (Phi) is 4.43. The van der Waals surface area contributed by atoms with Crippen molar-refractivity contribution >= 4 is 28.9 Å². The van der Waals surface area contributed by atoms with Gasteiger partial charge in [0.2, 0.25) is 5.71 Å². The molecule has 3 aromatic rings. The fraction of sp³-hybridized carbons (Fsp3) is 0.389. The van der Waals surface area contributed by atoms with Crippen molar-refractivity contribution < 1.29 is 4.42 Å². The van der Waals surface area contributed by atoms with Crippen LogP contribution in [-0.2, 0) is 6.42 Å². The van der Waals surface area contributed by atoms with Gasteiger partial charge in [-0.2, -0.15) is 9.61 Å². The summed E-state index contributed by atoms with van der Waals surface area (Å²) in [5, 5.41) is 5.91. The number of halogens is 2. The van der Waals surface area contributed by atoms with Gasteiger partial charge in [0.05, 0.1) is 10.7 Å². The van der Waals surface area contributed by atoms with Crippen molar-refractivity contribution in [3.63, 3.8) is 0 Å². The zero-order chi connectivity index (χ0) is 16.7. The van der Waals surface area contributed by atoms with E-state index in [1.807, 2.05) is 30.5 Å². The smallest absolute Gasteiger partial charge is 0.225 e. The summed E-state index contributed by atoms with van der Waals surface area (Å²) in [5.41, 5.74) is 4.78. The van der Waals surface area contributed by atoms with Gasteiger partial charge in [0.1, 0.15) is 11.5 Å². The third kappa shape index (κ3) is 2.88. The molecule has 5 heteroatoms. The molecular formula is C18H20Cl2N2O. The third-order valence-electron chi connectivity index (χ3n) is 4.37. The Morgan fingerprint density at radius 3 is 2.65 bits per heavy atom. The maximum Gasteiger partial charge on any atom is 0.225 e. The average Bonchev–Trinajstić information content (AvgIpc) is 2.95. The summed E-state index contributed by atoms with van der Waals surface area (Å²) < 4.78 is 7.92. The fourth-order valence-electron chi connectivity index (χ4n) is 2.85. The number of aromatic nitrogens is 2. The third-order valence-corrected chi connectivity index (χ3v) is 4.92. The van der Waals surface area contributed by atoms with E-state index in [9.17, 15) is 0 Å². The van der Waals surface area contributed by atoms with Crippen molar-refractivity contribution in [3.05, 3.63) is 45.3 Å². The number of hydrogen-bond acceptors (Lipinski definition) is 2. The number of aryl methyl sites for hydroxylation is 2. The molecular weight excluding hydrogens is 331 g/mol. The molecule has 0 spiro atoms. The molecule has 0 amide bonds. The Balaban J connectivity index is 2.19.